The second-order valence-electron chi connectivity index (χ2n) is 6.37. The number of anilines is 1. The van der Waals surface area contributed by atoms with Crippen molar-refractivity contribution in [2.24, 2.45) is 11.3 Å². The van der Waals surface area contributed by atoms with E-state index in [1.807, 2.05) is 0 Å². The van der Waals surface area contributed by atoms with Gasteiger partial charge in [0.15, 0.2) is 11.6 Å². The standard InChI is InChI=1S/C17H16F5NO6/c1-28-13(25)10(16(5-6-16)15(27)29-2)12(24)9-8(4-3-7(18)11(9)19)23-14(26)17(20,21)22/h3-4,10,12,24H,5-6H2,1-2H3,(H,23,26). The summed E-state index contributed by atoms with van der Waals surface area (Å²) in [4.78, 5) is 35.6. The normalized spacial score (nSPS) is 17.1. The molecule has 1 fully saturated rings. The van der Waals surface area contributed by atoms with E-state index in [0.717, 1.165) is 14.2 Å². The number of halogens is 5. The first-order chi connectivity index (χ1) is 13.4. The molecule has 0 aliphatic heterocycles. The molecule has 0 heterocycles. The van der Waals surface area contributed by atoms with Crippen molar-refractivity contribution >= 4 is 23.5 Å². The Balaban J connectivity index is 2.58. The number of benzene rings is 1. The van der Waals surface area contributed by atoms with E-state index in [1.165, 1.54) is 5.32 Å². The summed E-state index contributed by atoms with van der Waals surface area (Å²) in [5.74, 6) is -9.83. The first kappa shape index (κ1) is 22.5. The molecule has 2 atom stereocenters. The lowest BCUT2D eigenvalue weighted by Crippen LogP contribution is -2.38. The highest BCUT2D eigenvalue weighted by atomic mass is 19.4. The third-order valence-corrected chi connectivity index (χ3v) is 4.68. The van der Waals surface area contributed by atoms with E-state index in [-0.39, 0.29) is 12.8 Å². The Kier molecular flexibility index (Phi) is 6.16. The van der Waals surface area contributed by atoms with Gasteiger partial charge in [0.2, 0.25) is 0 Å². The van der Waals surface area contributed by atoms with Gasteiger partial charge in [-0.1, -0.05) is 0 Å². The number of carbonyl (C=O) groups excluding carboxylic acids is 3. The molecule has 29 heavy (non-hydrogen) atoms. The van der Waals surface area contributed by atoms with Crippen LogP contribution in [0.25, 0.3) is 0 Å². The average Bonchev–Trinajstić information content (AvgIpc) is 3.44. The molecule has 7 nitrogen and oxygen atoms in total. The van der Waals surface area contributed by atoms with Gasteiger partial charge in [-0.15, -0.1) is 0 Å². The maximum atomic E-state index is 14.4. The molecule has 1 aliphatic carbocycles. The van der Waals surface area contributed by atoms with Crippen LogP contribution in [0.15, 0.2) is 12.1 Å². The summed E-state index contributed by atoms with van der Waals surface area (Å²) >= 11 is 0. The minimum absolute atomic E-state index is 0.0255. The quantitative estimate of drug-likeness (QED) is 0.536. The number of hydrogen-bond acceptors (Lipinski definition) is 6. The van der Waals surface area contributed by atoms with Crippen molar-refractivity contribution in [2.45, 2.75) is 25.1 Å². The van der Waals surface area contributed by atoms with Gasteiger partial charge in [0, 0.05) is 5.56 Å². The fraction of sp³-hybridized carbons (Fsp3) is 0.471. The zero-order valence-corrected chi connectivity index (χ0v) is 15.1. The van der Waals surface area contributed by atoms with E-state index >= 15 is 0 Å². The number of alkyl halides is 3. The van der Waals surface area contributed by atoms with E-state index in [1.54, 1.807) is 0 Å². The van der Waals surface area contributed by atoms with Crippen LogP contribution in [0.2, 0.25) is 0 Å². The summed E-state index contributed by atoms with van der Waals surface area (Å²) in [6.45, 7) is 0. The Morgan fingerprint density at radius 3 is 2.17 bits per heavy atom. The van der Waals surface area contributed by atoms with Crippen molar-refractivity contribution < 1.29 is 50.9 Å². The predicted molar refractivity (Wildman–Crippen MR) is 85.2 cm³/mol. The van der Waals surface area contributed by atoms with Crippen LogP contribution in [0.4, 0.5) is 27.6 Å². The minimum atomic E-state index is -5.36. The van der Waals surface area contributed by atoms with Gasteiger partial charge in [0.05, 0.1) is 31.4 Å². The van der Waals surface area contributed by atoms with Crippen molar-refractivity contribution in [2.75, 3.05) is 19.5 Å². The number of rotatable bonds is 6. The van der Waals surface area contributed by atoms with Gasteiger partial charge in [-0.2, -0.15) is 13.2 Å². The van der Waals surface area contributed by atoms with Crippen LogP contribution in [0.5, 0.6) is 0 Å². The number of hydrogen-bond donors (Lipinski definition) is 2. The lowest BCUT2D eigenvalue weighted by molar-refractivity contribution is -0.167. The highest BCUT2D eigenvalue weighted by molar-refractivity contribution is 5.96. The molecule has 0 aromatic heterocycles. The van der Waals surface area contributed by atoms with Crippen molar-refractivity contribution in [3.63, 3.8) is 0 Å². The van der Waals surface area contributed by atoms with E-state index < -0.39 is 64.3 Å². The van der Waals surface area contributed by atoms with Gasteiger partial charge < -0.3 is 19.9 Å². The third-order valence-electron chi connectivity index (χ3n) is 4.68. The molecule has 2 unspecified atom stereocenters. The molecule has 1 aliphatic rings. The predicted octanol–water partition coefficient (Wildman–Crippen LogP) is 2.24. The molecular weight excluding hydrogens is 409 g/mol. The Morgan fingerprint density at radius 1 is 1.14 bits per heavy atom. The summed E-state index contributed by atoms with van der Waals surface area (Å²) in [6.07, 6.45) is -7.64. The molecule has 1 aromatic rings. The number of carbonyl (C=O) groups is 3. The molecule has 0 radical (unpaired) electrons. The second-order valence-corrected chi connectivity index (χ2v) is 6.37. The second kappa shape index (κ2) is 7.93. The Bertz CT molecular complexity index is 836. The largest absolute Gasteiger partial charge is 0.471 e. The summed E-state index contributed by atoms with van der Waals surface area (Å²) in [6, 6.07) is 1.02. The molecule has 1 saturated carbocycles. The molecule has 12 heteroatoms. The van der Waals surface area contributed by atoms with Crippen molar-refractivity contribution in [3.8, 4) is 0 Å². The molecule has 2 rings (SSSR count). The number of aliphatic hydroxyl groups excluding tert-OH is 1. The zero-order chi connectivity index (χ0) is 22.1. The van der Waals surface area contributed by atoms with Gasteiger partial charge in [-0.3, -0.25) is 14.4 Å². The first-order valence-electron chi connectivity index (χ1n) is 8.11. The minimum Gasteiger partial charge on any atom is -0.469 e. The van der Waals surface area contributed by atoms with Gasteiger partial charge in [-0.25, -0.2) is 8.78 Å². The van der Waals surface area contributed by atoms with Gasteiger partial charge in [0.1, 0.15) is 5.92 Å². The number of amides is 1. The highest BCUT2D eigenvalue weighted by Crippen LogP contribution is 2.57. The molecule has 0 saturated heterocycles. The Hall–Kier alpha value is -2.76. The maximum absolute atomic E-state index is 14.4. The molecule has 0 spiro atoms. The van der Waals surface area contributed by atoms with Gasteiger partial charge >= 0.3 is 24.0 Å². The average molecular weight is 425 g/mol. The number of esters is 2. The van der Waals surface area contributed by atoms with Crippen LogP contribution in [0.3, 0.4) is 0 Å². The van der Waals surface area contributed by atoms with Crippen molar-refractivity contribution in [1.29, 1.82) is 0 Å². The fourth-order valence-corrected chi connectivity index (χ4v) is 3.09. The molecular formula is C17H16F5NO6. The van der Waals surface area contributed by atoms with E-state index in [4.69, 9.17) is 0 Å². The summed E-state index contributed by atoms with van der Waals surface area (Å²) in [5.41, 5.74) is -3.69. The monoisotopic (exact) mass is 425 g/mol. The fourth-order valence-electron chi connectivity index (χ4n) is 3.09. The van der Waals surface area contributed by atoms with E-state index in [9.17, 15) is 41.4 Å². The van der Waals surface area contributed by atoms with Crippen LogP contribution in [0, 0.1) is 23.0 Å². The maximum Gasteiger partial charge on any atom is 0.471 e. The third kappa shape index (κ3) is 4.16. The van der Waals surface area contributed by atoms with Gasteiger partial charge in [0.25, 0.3) is 0 Å². The van der Waals surface area contributed by atoms with Crippen LogP contribution in [-0.4, -0.2) is 43.3 Å². The molecule has 1 amide bonds. The van der Waals surface area contributed by atoms with Crippen LogP contribution >= 0.6 is 0 Å². The summed E-state index contributed by atoms with van der Waals surface area (Å²) in [7, 11) is 1.91. The van der Waals surface area contributed by atoms with Crippen molar-refractivity contribution in [3.05, 3.63) is 29.3 Å². The van der Waals surface area contributed by atoms with Crippen LogP contribution in [0.1, 0.15) is 24.5 Å². The number of aliphatic hydroxyl groups is 1. The summed E-state index contributed by atoms with van der Waals surface area (Å²) < 4.78 is 75.0. The lowest BCUT2D eigenvalue weighted by Gasteiger charge is -2.29. The zero-order valence-electron chi connectivity index (χ0n) is 15.1. The van der Waals surface area contributed by atoms with Crippen LogP contribution in [-0.2, 0) is 23.9 Å². The van der Waals surface area contributed by atoms with E-state index in [0.29, 0.717) is 12.1 Å². The highest BCUT2D eigenvalue weighted by Gasteiger charge is 2.62. The smallest absolute Gasteiger partial charge is 0.469 e. The number of nitrogens with one attached hydrogen (secondary N) is 1. The summed E-state index contributed by atoms with van der Waals surface area (Å²) in [5, 5.41) is 12.0. The number of methoxy groups -OCH3 is 2. The topological polar surface area (TPSA) is 102 Å². The lowest BCUT2D eigenvalue weighted by atomic mass is 9.80. The molecule has 160 valence electrons. The molecule has 2 N–H and O–H groups in total. The number of ether oxygens (including phenoxy) is 2. The first-order valence-corrected chi connectivity index (χ1v) is 8.11. The van der Waals surface area contributed by atoms with Crippen molar-refractivity contribution in [1.82, 2.24) is 0 Å². The molecule has 1 aromatic carbocycles. The molecule has 0 bridgehead atoms. The van der Waals surface area contributed by atoms with Crippen LogP contribution < -0.4 is 5.32 Å². The van der Waals surface area contributed by atoms with Gasteiger partial charge in [-0.05, 0) is 25.0 Å². The Morgan fingerprint density at radius 2 is 1.72 bits per heavy atom. The SMILES string of the molecule is COC(=O)C(C(O)c1c(NC(=O)C(F)(F)F)ccc(F)c1F)C1(C(=O)OC)CC1. The Labute approximate surface area is 160 Å². The van der Waals surface area contributed by atoms with E-state index in [2.05, 4.69) is 9.47 Å².